The third kappa shape index (κ3) is 13.4. The number of carbonyl (C=O) groups excluding carboxylic acids is 3. The average Bonchev–Trinajstić information content (AvgIpc) is 2.31. The maximum Gasteiger partial charge on any atom is 0.281 e. The molecule has 0 aromatic heterocycles. The Labute approximate surface area is 92.6 Å². The van der Waals surface area contributed by atoms with Gasteiger partial charge in [0.15, 0.2) is 0 Å². The van der Waals surface area contributed by atoms with Crippen LogP contribution in [0.3, 0.4) is 0 Å². The van der Waals surface area contributed by atoms with E-state index in [1.807, 2.05) is 0 Å². The molecule has 1 rings (SSSR count). The molecule has 0 saturated heterocycles. The van der Waals surface area contributed by atoms with Crippen molar-refractivity contribution in [2.75, 3.05) is 0 Å². The fourth-order valence-electron chi connectivity index (χ4n) is 0.538. The summed E-state index contributed by atoms with van der Waals surface area (Å²) in [4.78, 5) is 22.5. The van der Waals surface area contributed by atoms with Crippen LogP contribution in [-0.2, 0) is 30.7 Å². The predicted molar refractivity (Wildman–Crippen MR) is 47.9 cm³/mol. The summed E-state index contributed by atoms with van der Waals surface area (Å²) in [6.45, 7) is 15.6. The molecule has 1 aromatic carbocycles. The fourth-order valence-corrected chi connectivity index (χ4v) is 0.751. The zero-order valence-corrected chi connectivity index (χ0v) is 8.72. The molecular weight excluding hydrogens is 220 g/mol. The quantitative estimate of drug-likeness (QED) is 0.625. The fraction of sp³-hybridized carbons (Fsp3) is 0.100. The van der Waals surface area contributed by atoms with Gasteiger partial charge in [-0.2, -0.15) is 0 Å². The van der Waals surface area contributed by atoms with Crippen molar-refractivity contribution in [1.82, 2.24) is 0 Å². The Morgan fingerprint density at radius 2 is 1.14 bits per heavy atom. The summed E-state index contributed by atoms with van der Waals surface area (Å²) in [6, 6.07) is 8.31. The number of hydrogen-bond donors (Lipinski definition) is 0. The molecule has 0 atom stereocenters. The van der Waals surface area contributed by atoms with Crippen molar-refractivity contribution < 1.29 is 30.7 Å². The van der Waals surface area contributed by atoms with Gasteiger partial charge in [0.1, 0.15) is 0 Å². The number of rotatable bonds is 0. The van der Waals surface area contributed by atoms with Crippen molar-refractivity contribution in [3.8, 4) is 0 Å². The molecule has 0 bridgehead atoms. The normalized spacial score (nSPS) is 6.07. The van der Waals surface area contributed by atoms with E-state index in [0.29, 0.717) is 0 Å². The van der Waals surface area contributed by atoms with Gasteiger partial charge >= 0.3 is 57.5 Å². The topological polar surface area (TPSA) is 51.2 Å². The summed E-state index contributed by atoms with van der Waals surface area (Å²) in [5.74, 6) is 0. The molecule has 0 amide bonds. The third-order valence-corrected chi connectivity index (χ3v) is 1.45. The van der Waals surface area contributed by atoms with Gasteiger partial charge in [0.2, 0.25) is 0 Å². The molecule has 1 aromatic rings. The first-order chi connectivity index (χ1) is 6.79. The second kappa shape index (κ2) is 17.7. The summed E-state index contributed by atoms with van der Waals surface area (Å²) >= 11 is 2.93. The molecule has 6 radical (unpaired) electrons. The minimum Gasteiger partial charge on any atom is -0.281 e. The van der Waals surface area contributed by atoms with Gasteiger partial charge in [-0.25, -0.2) is 0 Å². The maximum absolute atomic E-state index is 7.50. The van der Waals surface area contributed by atoms with Crippen LogP contribution in [0.5, 0.6) is 0 Å². The van der Waals surface area contributed by atoms with E-state index < -0.39 is 0 Å². The van der Waals surface area contributed by atoms with Crippen LogP contribution < -0.4 is 4.43 Å². The van der Waals surface area contributed by atoms with E-state index in [0.717, 1.165) is 0 Å². The Kier molecular flexibility index (Phi) is 23.5. The van der Waals surface area contributed by atoms with E-state index >= 15 is 0 Å². The maximum atomic E-state index is 7.50. The molecular formula is C10H7CrO3. The van der Waals surface area contributed by atoms with Crippen LogP contribution in [0, 0.1) is 6.92 Å². The molecule has 4 heteroatoms. The van der Waals surface area contributed by atoms with Gasteiger partial charge < -0.3 is 0 Å². The predicted octanol–water partition coefficient (Wildman–Crippen LogP) is -0.0242. The van der Waals surface area contributed by atoms with Crippen molar-refractivity contribution in [3.63, 3.8) is 0 Å². The Morgan fingerprint density at radius 3 is 1.36 bits per heavy atom. The second-order valence-electron chi connectivity index (χ2n) is 1.81. The van der Waals surface area contributed by atoms with Crippen LogP contribution in [-0.4, -0.2) is 20.4 Å². The first kappa shape index (κ1) is 18.5. The average molecular weight is 227 g/mol. The summed E-state index contributed by atoms with van der Waals surface area (Å²) in [5.41, 5.74) is 1.31. The van der Waals surface area contributed by atoms with Crippen LogP contribution in [0.1, 0.15) is 5.56 Å². The van der Waals surface area contributed by atoms with Gasteiger partial charge in [-0.05, 0) is 0 Å². The SMILES string of the molecule is Cc1cc[c]([Cr])cc1.[C]=O.[C]=O.[C]=O. The van der Waals surface area contributed by atoms with Crippen molar-refractivity contribution in [1.29, 1.82) is 0 Å². The summed E-state index contributed by atoms with van der Waals surface area (Å²) < 4.78 is 1.20. The Hall–Kier alpha value is -1.24. The van der Waals surface area contributed by atoms with Crippen LogP contribution in [0.25, 0.3) is 0 Å². The molecule has 0 aliphatic carbocycles. The Balaban J connectivity index is -0.000000174. The van der Waals surface area contributed by atoms with Crippen LogP contribution in [0.2, 0.25) is 0 Å². The van der Waals surface area contributed by atoms with Crippen molar-refractivity contribution in [2.24, 2.45) is 0 Å². The molecule has 0 N–H and O–H groups in total. The Bertz CT molecular complexity index is 185. The third-order valence-electron chi connectivity index (χ3n) is 1.02. The van der Waals surface area contributed by atoms with E-state index in [2.05, 4.69) is 67.8 Å². The van der Waals surface area contributed by atoms with E-state index in [-0.39, 0.29) is 0 Å². The van der Waals surface area contributed by atoms with Gasteiger partial charge in [-0.15, -0.1) is 0 Å². The van der Waals surface area contributed by atoms with Crippen molar-refractivity contribution in [2.45, 2.75) is 6.92 Å². The van der Waals surface area contributed by atoms with E-state index in [9.17, 15) is 0 Å². The molecule has 0 aliphatic heterocycles. The van der Waals surface area contributed by atoms with Crippen LogP contribution in [0.4, 0.5) is 0 Å². The number of aryl methyl sites for hydroxylation is 1. The molecule has 3 nitrogen and oxygen atoms in total. The van der Waals surface area contributed by atoms with Crippen LogP contribution >= 0.6 is 0 Å². The molecule has 0 saturated carbocycles. The summed E-state index contributed by atoms with van der Waals surface area (Å²) in [6.07, 6.45) is 0. The van der Waals surface area contributed by atoms with Gasteiger partial charge in [-0.3, -0.25) is 14.4 Å². The molecule has 0 spiro atoms. The molecule has 0 fully saturated rings. The zero-order valence-electron chi connectivity index (χ0n) is 7.44. The first-order valence-electron chi connectivity index (χ1n) is 3.14. The van der Waals surface area contributed by atoms with Gasteiger partial charge in [0, 0.05) is 0 Å². The Morgan fingerprint density at radius 1 is 0.857 bits per heavy atom. The van der Waals surface area contributed by atoms with Gasteiger partial charge in [0.05, 0.1) is 0 Å². The minimum absolute atomic E-state index is 1.20. The minimum atomic E-state index is 1.20. The smallest absolute Gasteiger partial charge is 0.281 e. The van der Waals surface area contributed by atoms with Gasteiger partial charge in [-0.1, -0.05) is 0 Å². The number of hydrogen-bond acceptors (Lipinski definition) is 3. The second-order valence-corrected chi connectivity index (χ2v) is 2.55. The van der Waals surface area contributed by atoms with E-state index in [1.54, 1.807) is 0 Å². The van der Waals surface area contributed by atoms with Crippen LogP contribution in [0.15, 0.2) is 24.3 Å². The van der Waals surface area contributed by atoms with E-state index in [4.69, 9.17) is 14.4 Å². The van der Waals surface area contributed by atoms with Crippen molar-refractivity contribution in [3.05, 3.63) is 29.8 Å². The molecule has 71 valence electrons. The largest absolute Gasteiger partial charge is 0.281 e. The zero-order chi connectivity index (χ0) is 12.0. The van der Waals surface area contributed by atoms with Gasteiger partial charge in [0.25, 0.3) is 20.4 Å². The molecule has 0 aliphatic rings. The van der Waals surface area contributed by atoms with E-state index in [1.165, 1.54) is 9.99 Å². The summed E-state index contributed by atoms with van der Waals surface area (Å²) in [5, 5.41) is 0. The molecule has 0 heterocycles. The standard InChI is InChI=1S/C7H7.3CO.Cr/c1-7-5-3-2-4-6-7;3*1-2;/h3-6H,1H3;;;;. The number of benzene rings is 1. The molecule has 0 unspecified atom stereocenters. The monoisotopic (exact) mass is 227 g/mol. The summed E-state index contributed by atoms with van der Waals surface area (Å²) in [7, 11) is 0. The molecule has 14 heavy (non-hydrogen) atoms. The first-order valence-corrected chi connectivity index (χ1v) is 3.78. The van der Waals surface area contributed by atoms with Crippen molar-refractivity contribution >= 4 is 24.8 Å².